The molecule has 32 heavy (non-hydrogen) atoms. The monoisotopic (exact) mass is 452 g/mol. The Balaban J connectivity index is 2.07. The van der Waals surface area contributed by atoms with Gasteiger partial charge in [0.25, 0.3) is 0 Å². The van der Waals surface area contributed by atoms with Crippen LogP contribution in [-0.2, 0) is 14.8 Å². The number of para-hydroxylation sites is 1. The Morgan fingerprint density at radius 2 is 1.81 bits per heavy atom. The summed E-state index contributed by atoms with van der Waals surface area (Å²) in [4.78, 5) is 17.0. The first-order valence-electron chi connectivity index (χ1n) is 10.2. The third-order valence-electron chi connectivity index (χ3n) is 4.98. The topological polar surface area (TPSA) is 112 Å². The second-order valence-corrected chi connectivity index (χ2v) is 8.76. The predicted octanol–water partition coefficient (Wildman–Crippen LogP) is 4.06. The molecule has 9 heteroatoms. The average molecular weight is 453 g/mol. The van der Waals surface area contributed by atoms with Gasteiger partial charge in [0.05, 0.1) is 28.3 Å². The summed E-state index contributed by atoms with van der Waals surface area (Å²) in [5.41, 5.74) is 2.05. The summed E-state index contributed by atoms with van der Waals surface area (Å²) in [6.45, 7) is 6.25. The highest BCUT2D eigenvalue weighted by Crippen LogP contribution is 2.31. The maximum absolute atomic E-state index is 12.7. The fourth-order valence-electron chi connectivity index (χ4n) is 3.38. The van der Waals surface area contributed by atoms with Crippen LogP contribution in [0.15, 0.2) is 53.6 Å². The maximum atomic E-state index is 12.7. The number of nitriles is 1. The fourth-order valence-corrected chi connectivity index (χ4v) is 4.84. The number of sulfonamides is 1. The summed E-state index contributed by atoms with van der Waals surface area (Å²) in [5, 5.41) is 13.2. The molecule has 0 aliphatic heterocycles. The molecule has 0 saturated heterocycles. The maximum Gasteiger partial charge on any atom is 0.341 e. The minimum atomic E-state index is -3.58. The number of carbonyl (C=O) groups is 1. The molecule has 0 spiro atoms. The Bertz CT molecular complexity index is 1280. The van der Waals surface area contributed by atoms with Crippen LogP contribution < -0.4 is 5.32 Å². The van der Waals surface area contributed by atoms with Gasteiger partial charge in [0.15, 0.2) is 0 Å². The van der Waals surface area contributed by atoms with Crippen LogP contribution in [0.5, 0.6) is 0 Å². The lowest BCUT2D eigenvalue weighted by Crippen LogP contribution is -2.30. The molecule has 1 N–H and O–H groups in total. The Morgan fingerprint density at radius 1 is 1.12 bits per heavy atom. The van der Waals surface area contributed by atoms with Crippen LogP contribution in [0.1, 0.15) is 36.7 Å². The zero-order valence-electron chi connectivity index (χ0n) is 18.1. The van der Waals surface area contributed by atoms with Crippen LogP contribution in [0.25, 0.3) is 10.9 Å². The van der Waals surface area contributed by atoms with Crippen LogP contribution in [0.2, 0.25) is 0 Å². The van der Waals surface area contributed by atoms with E-state index in [-0.39, 0.29) is 17.1 Å². The van der Waals surface area contributed by atoms with Crippen molar-refractivity contribution in [3.63, 3.8) is 0 Å². The smallest absolute Gasteiger partial charge is 0.341 e. The first-order chi connectivity index (χ1) is 15.4. The van der Waals surface area contributed by atoms with Crippen LogP contribution in [-0.4, -0.2) is 43.4 Å². The molecule has 1 heterocycles. The van der Waals surface area contributed by atoms with Crippen molar-refractivity contribution >= 4 is 38.3 Å². The van der Waals surface area contributed by atoms with Crippen LogP contribution in [0, 0.1) is 11.3 Å². The van der Waals surface area contributed by atoms with Gasteiger partial charge in [-0.1, -0.05) is 26.0 Å². The van der Waals surface area contributed by atoms with Crippen molar-refractivity contribution in [2.75, 3.05) is 25.0 Å². The van der Waals surface area contributed by atoms with Gasteiger partial charge in [-0.2, -0.15) is 9.57 Å². The van der Waals surface area contributed by atoms with E-state index in [0.717, 1.165) is 0 Å². The van der Waals surface area contributed by atoms with Crippen molar-refractivity contribution in [2.24, 2.45) is 0 Å². The Morgan fingerprint density at radius 3 is 2.41 bits per heavy atom. The summed E-state index contributed by atoms with van der Waals surface area (Å²) < 4.78 is 32.0. The number of aromatic nitrogens is 1. The number of fused-ring (bicyclic) bond motifs is 1. The van der Waals surface area contributed by atoms with Gasteiger partial charge in [-0.05, 0) is 37.3 Å². The number of nitrogens with zero attached hydrogens (tertiary/aromatic N) is 3. The van der Waals surface area contributed by atoms with Gasteiger partial charge in [0.2, 0.25) is 10.0 Å². The number of benzene rings is 2. The highest BCUT2D eigenvalue weighted by Gasteiger charge is 2.22. The van der Waals surface area contributed by atoms with Gasteiger partial charge in [-0.15, -0.1) is 0 Å². The number of carbonyl (C=O) groups excluding carboxylic acids is 1. The molecule has 0 atom stereocenters. The SMILES string of the molecule is CCOC(=O)c1cnc2c(C#N)cccc2c1Nc1ccc(S(=O)(=O)N(CC)CC)cc1. The molecule has 0 amide bonds. The van der Waals surface area contributed by atoms with Crippen molar-refractivity contribution in [1.82, 2.24) is 9.29 Å². The van der Waals surface area contributed by atoms with E-state index < -0.39 is 16.0 Å². The molecule has 1 aromatic heterocycles. The van der Waals surface area contributed by atoms with Crippen molar-refractivity contribution < 1.29 is 17.9 Å². The highest BCUT2D eigenvalue weighted by molar-refractivity contribution is 7.89. The molecular weight excluding hydrogens is 428 g/mol. The van der Waals surface area contributed by atoms with Crippen molar-refractivity contribution in [3.8, 4) is 6.07 Å². The number of ether oxygens (including phenoxy) is 1. The van der Waals surface area contributed by atoms with E-state index in [9.17, 15) is 18.5 Å². The minimum Gasteiger partial charge on any atom is -0.462 e. The van der Waals surface area contributed by atoms with E-state index in [0.29, 0.717) is 40.9 Å². The minimum absolute atomic E-state index is 0.184. The van der Waals surface area contributed by atoms with Gasteiger partial charge in [-0.3, -0.25) is 4.98 Å². The number of pyridine rings is 1. The molecule has 3 aromatic rings. The molecule has 0 aliphatic rings. The normalized spacial score (nSPS) is 11.3. The lowest BCUT2D eigenvalue weighted by molar-refractivity contribution is 0.0527. The van der Waals surface area contributed by atoms with Gasteiger partial charge in [0.1, 0.15) is 11.6 Å². The zero-order valence-corrected chi connectivity index (χ0v) is 18.9. The van der Waals surface area contributed by atoms with Gasteiger partial charge >= 0.3 is 5.97 Å². The first kappa shape index (κ1) is 23.2. The molecule has 0 unspecified atom stereocenters. The molecule has 0 saturated carbocycles. The summed E-state index contributed by atoms with van der Waals surface area (Å²) in [6, 6.07) is 13.5. The van der Waals surface area contributed by atoms with Crippen molar-refractivity contribution in [3.05, 3.63) is 59.8 Å². The summed E-state index contributed by atoms with van der Waals surface area (Å²) in [6.07, 6.45) is 1.38. The Kier molecular flexibility index (Phi) is 7.08. The highest BCUT2D eigenvalue weighted by atomic mass is 32.2. The molecule has 3 rings (SSSR count). The number of rotatable bonds is 8. The molecular formula is C23H24N4O4S. The zero-order chi connectivity index (χ0) is 23.3. The van der Waals surface area contributed by atoms with Gasteiger partial charge in [0, 0.05) is 30.4 Å². The molecule has 0 aliphatic carbocycles. The summed E-state index contributed by atoms with van der Waals surface area (Å²) in [5.74, 6) is -0.549. The first-order valence-corrected chi connectivity index (χ1v) is 11.7. The van der Waals surface area contributed by atoms with Crippen LogP contribution >= 0.6 is 0 Å². The molecule has 2 aromatic carbocycles. The third kappa shape index (κ3) is 4.42. The summed E-state index contributed by atoms with van der Waals surface area (Å²) >= 11 is 0. The standard InChI is InChI=1S/C23H24N4O4S/c1-4-27(5-2)32(29,30)18-12-10-17(11-13-18)26-22-19-9-7-8-16(14-24)21(19)25-15-20(22)23(28)31-6-3/h7-13,15H,4-6H2,1-3H3,(H,25,26). The van der Waals surface area contributed by atoms with Crippen LogP contribution in [0.4, 0.5) is 11.4 Å². The van der Waals surface area contributed by atoms with Gasteiger partial charge in [-0.25, -0.2) is 13.2 Å². The molecule has 166 valence electrons. The van der Waals surface area contributed by atoms with Gasteiger partial charge < -0.3 is 10.1 Å². The lowest BCUT2D eigenvalue weighted by Gasteiger charge is -2.19. The Hall–Kier alpha value is -3.48. The van der Waals surface area contributed by atoms with Crippen LogP contribution in [0.3, 0.4) is 0 Å². The fraction of sp³-hybridized carbons (Fsp3) is 0.261. The predicted molar refractivity (Wildman–Crippen MR) is 122 cm³/mol. The quantitative estimate of drug-likeness (QED) is 0.513. The lowest BCUT2D eigenvalue weighted by atomic mass is 10.1. The Labute approximate surface area is 187 Å². The number of nitrogens with one attached hydrogen (secondary N) is 1. The average Bonchev–Trinajstić information content (AvgIpc) is 2.80. The second kappa shape index (κ2) is 9.77. The second-order valence-electron chi connectivity index (χ2n) is 6.82. The van der Waals surface area contributed by atoms with E-state index >= 15 is 0 Å². The molecule has 0 radical (unpaired) electrons. The molecule has 0 bridgehead atoms. The summed E-state index contributed by atoms with van der Waals surface area (Å²) in [7, 11) is -3.58. The van der Waals surface area contributed by atoms with E-state index in [1.807, 2.05) is 0 Å². The third-order valence-corrected chi connectivity index (χ3v) is 7.04. The van der Waals surface area contributed by atoms with Crippen molar-refractivity contribution in [1.29, 1.82) is 5.26 Å². The molecule has 0 fully saturated rings. The van der Waals surface area contributed by atoms with E-state index in [4.69, 9.17) is 4.74 Å². The number of esters is 1. The van der Waals surface area contributed by atoms with E-state index in [2.05, 4.69) is 16.4 Å². The van der Waals surface area contributed by atoms with E-state index in [1.54, 1.807) is 51.1 Å². The number of hydrogen-bond acceptors (Lipinski definition) is 7. The largest absolute Gasteiger partial charge is 0.462 e. The molecule has 8 nitrogen and oxygen atoms in total. The van der Waals surface area contributed by atoms with Crippen molar-refractivity contribution in [2.45, 2.75) is 25.7 Å². The number of hydrogen-bond donors (Lipinski definition) is 1. The van der Waals surface area contributed by atoms with E-state index in [1.165, 1.54) is 22.6 Å². The number of anilines is 2.